The number of hydrogen-bond donors (Lipinski definition) is 0. The number of rotatable bonds is 6. The zero-order valence-electron chi connectivity index (χ0n) is 26.2. The molecule has 8 heteroatoms. The van der Waals surface area contributed by atoms with Crippen molar-refractivity contribution in [2.75, 3.05) is 34.2 Å². The zero-order chi connectivity index (χ0) is 31.2. The Hall–Kier alpha value is -4.53. The molecular weight excluding hydrogens is 580 g/mol. The van der Waals surface area contributed by atoms with Crippen LogP contribution in [0.3, 0.4) is 0 Å². The third-order valence-corrected chi connectivity index (χ3v) is 11.0. The lowest BCUT2D eigenvalue weighted by Gasteiger charge is -2.64. The van der Waals surface area contributed by atoms with Gasteiger partial charge in [-0.3, -0.25) is 9.80 Å². The van der Waals surface area contributed by atoms with Crippen molar-refractivity contribution in [1.82, 2.24) is 9.80 Å². The van der Waals surface area contributed by atoms with Crippen LogP contribution in [0, 0.1) is 0 Å². The van der Waals surface area contributed by atoms with E-state index in [0.29, 0.717) is 17.5 Å². The third kappa shape index (κ3) is 4.02. The molecular formula is C38H36N2O6. The van der Waals surface area contributed by atoms with Gasteiger partial charge in [0.2, 0.25) is 6.79 Å². The van der Waals surface area contributed by atoms with Gasteiger partial charge in [0, 0.05) is 30.2 Å². The summed E-state index contributed by atoms with van der Waals surface area (Å²) in [5.74, 6) is 2.70. The van der Waals surface area contributed by atoms with Gasteiger partial charge in [-0.05, 0) is 94.8 Å². The molecule has 0 saturated carbocycles. The molecule has 9 rings (SSSR count). The van der Waals surface area contributed by atoms with Gasteiger partial charge in [0.05, 0.1) is 26.3 Å². The van der Waals surface area contributed by atoms with E-state index in [9.17, 15) is 4.79 Å². The molecule has 46 heavy (non-hydrogen) atoms. The maximum Gasteiger partial charge on any atom is 0.330 e. The topological polar surface area (TPSA) is 69.7 Å². The maximum atomic E-state index is 13.2. The summed E-state index contributed by atoms with van der Waals surface area (Å²) >= 11 is 0. The average Bonchev–Trinajstić information content (AvgIpc) is 3.62. The Labute approximate surface area is 268 Å². The smallest absolute Gasteiger partial charge is 0.330 e. The molecule has 4 aromatic carbocycles. The average molecular weight is 617 g/mol. The van der Waals surface area contributed by atoms with Crippen LogP contribution in [-0.4, -0.2) is 62.0 Å². The van der Waals surface area contributed by atoms with E-state index in [1.807, 2.05) is 24.3 Å². The van der Waals surface area contributed by atoms with E-state index < -0.39 is 0 Å². The number of carbonyl (C=O) groups excluding carboxylic acids is 1. The molecule has 8 nitrogen and oxygen atoms in total. The van der Waals surface area contributed by atoms with Crippen LogP contribution in [0.25, 0.3) is 16.8 Å². The lowest BCUT2D eigenvalue weighted by Crippen LogP contribution is -2.71. The van der Waals surface area contributed by atoms with Gasteiger partial charge in [0.15, 0.2) is 23.0 Å². The minimum Gasteiger partial charge on any atom is -0.493 e. The van der Waals surface area contributed by atoms with Gasteiger partial charge >= 0.3 is 5.97 Å². The highest BCUT2D eigenvalue weighted by Crippen LogP contribution is 2.64. The van der Waals surface area contributed by atoms with Crippen molar-refractivity contribution in [3.63, 3.8) is 0 Å². The van der Waals surface area contributed by atoms with Gasteiger partial charge in [-0.2, -0.15) is 0 Å². The van der Waals surface area contributed by atoms with E-state index in [2.05, 4.69) is 65.3 Å². The van der Waals surface area contributed by atoms with Crippen LogP contribution in [0.15, 0.2) is 72.8 Å². The van der Waals surface area contributed by atoms with Crippen molar-refractivity contribution in [3.05, 3.63) is 101 Å². The quantitative estimate of drug-likeness (QED) is 0.188. The van der Waals surface area contributed by atoms with Crippen LogP contribution in [0.4, 0.5) is 0 Å². The normalized spacial score (nSPS) is 27.0. The fourth-order valence-electron chi connectivity index (χ4n) is 8.95. The van der Waals surface area contributed by atoms with E-state index in [1.165, 1.54) is 28.2 Å². The molecule has 5 heterocycles. The van der Waals surface area contributed by atoms with Crippen LogP contribution in [-0.2, 0) is 21.5 Å². The molecule has 5 atom stereocenters. The Balaban J connectivity index is 1.05. The highest BCUT2D eigenvalue weighted by Gasteiger charge is 2.64. The largest absolute Gasteiger partial charge is 0.493 e. The van der Waals surface area contributed by atoms with Crippen molar-refractivity contribution in [2.45, 2.75) is 49.5 Å². The predicted molar refractivity (Wildman–Crippen MR) is 173 cm³/mol. The summed E-state index contributed by atoms with van der Waals surface area (Å²) in [5.41, 5.74) is 5.92. The Morgan fingerprint density at radius 2 is 1.74 bits per heavy atom. The highest BCUT2D eigenvalue weighted by atomic mass is 16.7. The molecule has 234 valence electrons. The summed E-state index contributed by atoms with van der Waals surface area (Å²) in [6.45, 7) is 3.77. The lowest BCUT2D eigenvalue weighted by atomic mass is 9.74. The SMILES string of the molecule is COc1cc2c(cc1OC)[C@H](COC(=O)/C=C/c1ccc3ccccc3c1)N1C[C@@H]3CC4(C)c5cc6c(cc5[C@H]([C@@H]1C2)N34)OCO6. The summed E-state index contributed by atoms with van der Waals surface area (Å²) in [5, 5.41) is 2.30. The van der Waals surface area contributed by atoms with E-state index >= 15 is 0 Å². The molecule has 5 aliphatic rings. The molecule has 2 fully saturated rings. The molecule has 0 aromatic heterocycles. The second-order valence-corrected chi connectivity index (χ2v) is 13.2. The molecule has 2 saturated heterocycles. The first-order valence-electron chi connectivity index (χ1n) is 16.0. The van der Waals surface area contributed by atoms with Crippen LogP contribution >= 0.6 is 0 Å². The number of carbonyl (C=O) groups is 1. The van der Waals surface area contributed by atoms with Crippen molar-refractivity contribution in [1.29, 1.82) is 0 Å². The van der Waals surface area contributed by atoms with E-state index in [4.69, 9.17) is 23.7 Å². The van der Waals surface area contributed by atoms with E-state index in [0.717, 1.165) is 47.4 Å². The van der Waals surface area contributed by atoms with Gasteiger partial charge in [0.1, 0.15) is 6.61 Å². The molecule has 1 unspecified atom stereocenters. The fraction of sp³-hybridized carbons (Fsp3) is 0.342. The number of ether oxygens (including phenoxy) is 5. The van der Waals surface area contributed by atoms with Crippen molar-refractivity contribution in [3.8, 4) is 23.0 Å². The van der Waals surface area contributed by atoms with Gasteiger partial charge in [0.25, 0.3) is 0 Å². The number of fused-ring (bicyclic) bond motifs is 8. The van der Waals surface area contributed by atoms with Crippen molar-refractivity contribution in [2.24, 2.45) is 0 Å². The minimum absolute atomic E-state index is 0.0227. The Morgan fingerprint density at radius 1 is 0.957 bits per heavy atom. The summed E-state index contributed by atoms with van der Waals surface area (Å²) in [4.78, 5) is 18.5. The number of nitrogens with zero attached hydrogens (tertiary/aromatic N) is 2. The van der Waals surface area contributed by atoms with Crippen LogP contribution in [0.2, 0.25) is 0 Å². The molecule has 0 aliphatic carbocycles. The third-order valence-electron chi connectivity index (χ3n) is 11.0. The number of piperazine rings is 1. The fourth-order valence-corrected chi connectivity index (χ4v) is 8.95. The second kappa shape index (κ2) is 10.2. The van der Waals surface area contributed by atoms with Gasteiger partial charge < -0.3 is 23.7 Å². The molecule has 0 N–H and O–H groups in total. The van der Waals surface area contributed by atoms with Crippen molar-refractivity contribution < 1.29 is 28.5 Å². The molecule has 0 radical (unpaired) electrons. The molecule has 4 aromatic rings. The predicted octanol–water partition coefficient (Wildman–Crippen LogP) is 6.17. The molecule has 0 spiro atoms. The monoisotopic (exact) mass is 616 g/mol. The number of hydrogen-bond acceptors (Lipinski definition) is 8. The maximum absolute atomic E-state index is 13.2. The summed E-state index contributed by atoms with van der Waals surface area (Å²) in [6.07, 6.45) is 5.28. The van der Waals surface area contributed by atoms with E-state index in [-0.39, 0.29) is 43.0 Å². The molecule has 0 amide bonds. The standard InChI is InChI=1S/C38H36N2O6/c1-38-18-26-19-39-30(37(40(26)38)28-16-34-35(17-29(28)38)46-21-45-34)13-25-14-32(42-2)33(43-3)15-27(25)31(39)20-44-36(41)11-9-22-8-10-23-6-4-5-7-24(23)12-22/h4-12,14-17,26,30-31,37H,13,18-21H2,1-3H3/b11-9+/t26-,30-,31-,37+,38?/m0/s1. The summed E-state index contributed by atoms with van der Waals surface area (Å²) in [6, 6.07) is 23.6. The number of benzene rings is 4. The first-order valence-corrected chi connectivity index (χ1v) is 16.0. The summed E-state index contributed by atoms with van der Waals surface area (Å²) < 4.78 is 29.2. The highest BCUT2D eigenvalue weighted by molar-refractivity contribution is 5.89. The van der Waals surface area contributed by atoms with Crippen molar-refractivity contribution >= 4 is 22.8 Å². The van der Waals surface area contributed by atoms with Crippen LogP contribution < -0.4 is 18.9 Å². The number of esters is 1. The van der Waals surface area contributed by atoms with Gasteiger partial charge in [-0.25, -0.2) is 4.79 Å². The Kier molecular flexibility index (Phi) is 6.18. The molecule has 0 bridgehead atoms. The Bertz CT molecular complexity index is 1940. The zero-order valence-corrected chi connectivity index (χ0v) is 26.2. The van der Waals surface area contributed by atoms with E-state index in [1.54, 1.807) is 14.2 Å². The first kappa shape index (κ1) is 27.8. The van der Waals surface area contributed by atoms with Crippen LogP contribution in [0.5, 0.6) is 23.0 Å². The molecule has 5 aliphatic heterocycles. The Morgan fingerprint density at radius 3 is 2.57 bits per heavy atom. The van der Waals surface area contributed by atoms with Gasteiger partial charge in [-0.15, -0.1) is 0 Å². The van der Waals surface area contributed by atoms with Crippen LogP contribution in [0.1, 0.15) is 53.2 Å². The summed E-state index contributed by atoms with van der Waals surface area (Å²) in [7, 11) is 3.34. The van der Waals surface area contributed by atoms with Gasteiger partial charge in [-0.1, -0.05) is 36.4 Å². The number of methoxy groups -OCH3 is 2. The lowest BCUT2D eigenvalue weighted by molar-refractivity contribution is -0.169. The minimum atomic E-state index is -0.355. The second-order valence-electron chi connectivity index (χ2n) is 13.2. The first-order chi connectivity index (χ1) is 22.4.